The quantitative estimate of drug-likeness (QED) is 0.843. The summed E-state index contributed by atoms with van der Waals surface area (Å²) in [6.45, 7) is 0.0462. The Morgan fingerprint density at radius 2 is 1.83 bits per heavy atom. The Balaban J connectivity index is 1.91. The molecule has 0 radical (unpaired) electrons. The number of benzene rings is 1. The molecule has 2 aromatic rings. The summed E-state index contributed by atoms with van der Waals surface area (Å²) >= 11 is 0. The fourth-order valence-electron chi connectivity index (χ4n) is 2.51. The number of para-hydroxylation sites is 1. The molecule has 1 heterocycles. The van der Waals surface area contributed by atoms with Crippen LogP contribution in [0.1, 0.15) is 34.9 Å². The number of aromatic nitrogens is 2. The molecule has 0 unspecified atom stereocenters. The first-order valence-corrected chi connectivity index (χ1v) is 8.08. The van der Waals surface area contributed by atoms with Gasteiger partial charge in [0.1, 0.15) is 5.69 Å². The van der Waals surface area contributed by atoms with E-state index in [1.165, 1.54) is 9.80 Å². The maximum absolute atomic E-state index is 12.8. The third kappa shape index (κ3) is 3.32. The highest BCUT2D eigenvalue weighted by atomic mass is 16.2. The molecule has 0 saturated heterocycles. The van der Waals surface area contributed by atoms with Crippen molar-refractivity contribution in [3.05, 3.63) is 47.8 Å². The van der Waals surface area contributed by atoms with Gasteiger partial charge in [-0.25, -0.2) is 4.68 Å². The molecule has 3 rings (SSSR count). The summed E-state index contributed by atoms with van der Waals surface area (Å²) in [6.07, 6.45) is 2.24. The van der Waals surface area contributed by atoms with Gasteiger partial charge in [-0.15, -0.1) is 0 Å². The van der Waals surface area contributed by atoms with E-state index in [1.54, 1.807) is 25.8 Å². The number of hydrogen-bond donors (Lipinski definition) is 0. The molecule has 0 atom stereocenters. The van der Waals surface area contributed by atoms with Crippen molar-refractivity contribution in [2.45, 2.75) is 18.8 Å². The second-order valence-electron chi connectivity index (χ2n) is 6.43. The van der Waals surface area contributed by atoms with E-state index < -0.39 is 0 Å². The van der Waals surface area contributed by atoms with Gasteiger partial charge in [0.05, 0.1) is 17.9 Å². The van der Waals surface area contributed by atoms with Gasteiger partial charge in [-0.1, -0.05) is 18.2 Å². The third-order valence-corrected chi connectivity index (χ3v) is 4.16. The summed E-state index contributed by atoms with van der Waals surface area (Å²) in [6, 6.07) is 11.5. The van der Waals surface area contributed by atoms with Gasteiger partial charge in [0.2, 0.25) is 5.91 Å². The van der Waals surface area contributed by atoms with E-state index >= 15 is 0 Å². The van der Waals surface area contributed by atoms with Crippen LogP contribution >= 0.6 is 0 Å². The molecule has 24 heavy (non-hydrogen) atoms. The minimum Gasteiger partial charge on any atom is -0.347 e. The Kier molecular flexibility index (Phi) is 4.38. The maximum atomic E-state index is 12.8. The number of amides is 2. The van der Waals surface area contributed by atoms with Crippen LogP contribution in [0.15, 0.2) is 36.4 Å². The van der Waals surface area contributed by atoms with Crippen molar-refractivity contribution in [3.8, 4) is 5.69 Å². The SMILES string of the molecule is CN(C)C(=O)CN(C)C(=O)c1cc(C2CC2)nn1-c1ccccc1. The highest BCUT2D eigenvalue weighted by Crippen LogP contribution is 2.39. The van der Waals surface area contributed by atoms with Crippen LogP contribution in [-0.4, -0.2) is 59.1 Å². The van der Waals surface area contributed by atoms with Crippen LogP contribution in [0.4, 0.5) is 0 Å². The molecule has 2 amide bonds. The Morgan fingerprint density at radius 1 is 1.17 bits per heavy atom. The fraction of sp³-hybridized carbons (Fsp3) is 0.389. The molecule has 0 aliphatic heterocycles. The van der Waals surface area contributed by atoms with E-state index in [1.807, 2.05) is 36.4 Å². The summed E-state index contributed by atoms with van der Waals surface area (Å²) in [7, 11) is 5.00. The molecule has 0 bridgehead atoms. The highest BCUT2D eigenvalue weighted by molar-refractivity contribution is 5.95. The summed E-state index contributed by atoms with van der Waals surface area (Å²) in [5.41, 5.74) is 2.30. The van der Waals surface area contributed by atoms with Crippen LogP contribution < -0.4 is 0 Å². The Morgan fingerprint density at radius 3 is 2.42 bits per heavy atom. The first-order valence-electron chi connectivity index (χ1n) is 8.08. The lowest BCUT2D eigenvalue weighted by Crippen LogP contribution is -2.38. The molecular formula is C18H22N4O2. The van der Waals surface area contributed by atoms with Gasteiger partial charge < -0.3 is 9.80 Å². The number of likely N-dealkylation sites (N-methyl/N-ethyl adjacent to an activating group) is 2. The molecular weight excluding hydrogens is 304 g/mol. The minimum absolute atomic E-state index is 0.0462. The molecule has 0 spiro atoms. The van der Waals surface area contributed by atoms with Crippen molar-refractivity contribution < 1.29 is 9.59 Å². The van der Waals surface area contributed by atoms with E-state index in [0.717, 1.165) is 24.2 Å². The average molecular weight is 326 g/mol. The molecule has 6 nitrogen and oxygen atoms in total. The summed E-state index contributed by atoms with van der Waals surface area (Å²) in [5, 5.41) is 4.63. The van der Waals surface area contributed by atoms with Crippen LogP contribution in [0.5, 0.6) is 0 Å². The Labute approximate surface area is 141 Å². The molecule has 1 saturated carbocycles. The van der Waals surface area contributed by atoms with Crippen molar-refractivity contribution in [2.75, 3.05) is 27.7 Å². The molecule has 126 valence electrons. The van der Waals surface area contributed by atoms with Crippen molar-refractivity contribution in [1.29, 1.82) is 0 Å². The lowest BCUT2D eigenvalue weighted by atomic mass is 10.2. The number of nitrogens with zero attached hydrogens (tertiary/aromatic N) is 4. The van der Waals surface area contributed by atoms with Crippen molar-refractivity contribution in [2.24, 2.45) is 0 Å². The third-order valence-electron chi connectivity index (χ3n) is 4.16. The first-order chi connectivity index (χ1) is 11.5. The zero-order valence-electron chi connectivity index (χ0n) is 14.3. The van der Waals surface area contributed by atoms with Crippen molar-refractivity contribution in [1.82, 2.24) is 19.6 Å². The predicted octanol–water partition coefficient (Wildman–Crippen LogP) is 1.91. The van der Waals surface area contributed by atoms with E-state index in [9.17, 15) is 9.59 Å². The smallest absolute Gasteiger partial charge is 0.272 e. The number of carbonyl (C=O) groups is 2. The molecule has 1 fully saturated rings. The molecule has 0 N–H and O–H groups in total. The molecule has 1 aliphatic rings. The number of hydrogen-bond acceptors (Lipinski definition) is 3. The fourth-order valence-corrected chi connectivity index (χ4v) is 2.51. The topological polar surface area (TPSA) is 58.4 Å². The maximum Gasteiger partial charge on any atom is 0.272 e. The predicted molar refractivity (Wildman–Crippen MR) is 91.2 cm³/mol. The minimum atomic E-state index is -0.201. The van der Waals surface area contributed by atoms with Gasteiger partial charge >= 0.3 is 0 Å². The number of rotatable bonds is 5. The largest absolute Gasteiger partial charge is 0.347 e. The molecule has 1 aliphatic carbocycles. The molecule has 1 aromatic carbocycles. The van der Waals surface area contributed by atoms with Gasteiger partial charge in [0.15, 0.2) is 0 Å². The van der Waals surface area contributed by atoms with Gasteiger partial charge in [0.25, 0.3) is 5.91 Å². The lowest BCUT2D eigenvalue weighted by molar-refractivity contribution is -0.129. The van der Waals surface area contributed by atoms with Crippen molar-refractivity contribution in [3.63, 3.8) is 0 Å². The normalized spacial score (nSPS) is 13.6. The summed E-state index contributed by atoms with van der Waals surface area (Å²) in [4.78, 5) is 27.6. The van der Waals surface area contributed by atoms with Crippen LogP contribution in [0.25, 0.3) is 5.69 Å². The van der Waals surface area contributed by atoms with Crippen LogP contribution in [-0.2, 0) is 4.79 Å². The van der Waals surface area contributed by atoms with E-state index in [0.29, 0.717) is 11.6 Å². The Bertz CT molecular complexity index is 748. The average Bonchev–Trinajstić information content (AvgIpc) is 3.33. The van der Waals surface area contributed by atoms with Gasteiger partial charge in [-0.2, -0.15) is 5.10 Å². The first kappa shape index (κ1) is 16.2. The van der Waals surface area contributed by atoms with E-state index in [-0.39, 0.29) is 18.4 Å². The molecule has 6 heteroatoms. The van der Waals surface area contributed by atoms with E-state index in [4.69, 9.17) is 0 Å². The number of carbonyl (C=O) groups excluding carboxylic acids is 2. The second-order valence-corrected chi connectivity index (χ2v) is 6.43. The van der Waals surface area contributed by atoms with Crippen LogP contribution in [0.2, 0.25) is 0 Å². The molecule has 1 aromatic heterocycles. The summed E-state index contributed by atoms with van der Waals surface area (Å²) in [5.74, 6) is 0.141. The van der Waals surface area contributed by atoms with Crippen molar-refractivity contribution >= 4 is 11.8 Å². The van der Waals surface area contributed by atoms with Crippen LogP contribution in [0.3, 0.4) is 0 Å². The zero-order valence-corrected chi connectivity index (χ0v) is 14.3. The van der Waals surface area contributed by atoms with Gasteiger partial charge in [-0.05, 0) is 31.0 Å². The second kappa shape index (κ2) is 6.47. The van der Waals surface area contributed by atoms with Gasteiger partial charge in [0, 0.05) is 27.1 Å². The monoisotopic (exact) mass is 326 g/mol. The van der Waals surface area contributed by atoms with E-state index in [2.05, 4.69) is 5.10 Å². The Hall–Kier alpha value is -2.63. The standard InChI is InChI=1S/C18H22N4O2/c1-20(2)17(23)12-21(3)18(24)16-11-15(13-9-10-13)19-22(16)14-7-5-4-6-8-14/h4-8,11,13H,9-10,12H2,1-3H3. The lowest BCUT2D eigenvalue weighted by Gasteiger charge is -2.19. The highest BCUT2D eigenvalue weighted by Gasteiger charge is 2.30. The van der Waals surface area contributed by atoms with Gasteiger partial charge in [-0.3, -0.25) is 9.59 Å². The zero-order chi connectivity index (χ0) is 17.3. The van der Waals surface area contributed by atoms with Crippen LogP contribution in [0, 0.1) is 0 Å². The summed E-state index contributed by atoms with van der Waals surface area (Å²) < 4.78 is 1.69.